The Kier molecular flexibility index (Phi) is 4.88. The first-order chi connectivity index (χ1) is 6.36. The second kappa shape index (κ2) is 6.01. The highest BCUT2D eigenvalue weighted by Crippen LogP contribution is 2.09. The fourth-order valence-electron chi connectivity index (χ4n) is 1.77. The highest BCUT2D eigenvalue weighted by Gasteiger charge is 2.16. The van der Waals surface area contributed by atoms with Crippen LogP contribution in [0.1, 0.15) is 26.2 Å². The van der Waals surface area contributed by atoms with Gasteiger partial charge in [-0.05, 0) is 25.8 Å². The van der Waals surface area contributed by atoms with Gasteiger partial charge in [0.15, 0.2) is 0 Å². The van der Waals surface area contributed by atoms with Gasteiger partial charge in [0.05, 0.1) is 6.54 Å². The third-order valence-corrected chi connectivity index (χ3v) is 2.59. The van der Waals surface area contributed by atoms with Gasteiger partial charge in [0.1, 0.15) is 0 Å². The SMILES string of the molecule is C#CCN1CCC(NCCC)CC1. The van der Waals surface area contributed by atoms with Gasteiger partial charge >= 0.3 is 0 Å². The van der Waals surface area contributed by atoms with Gasteiger partial charge in [0.2, 0.25) is 0 Å². The molecule has 2 nitrogen and oxygen atoms in total. The van der Waals surface area contributed by atoms with Crippen molar-refractivity contribution in [2.24, 2.45) is 0 Å². The Labute approximate surface area is 81.7 Å². The average molecular weight is 180 g/mol. The Morgan fingerprint density at radius 1 is 1.46 bits per heavy atom. The number of nitrogens with one attached hydrogen (secondary N) is 1. The molecule has 0 bridgehead atoms. The van der Waals surface area contributed by atoms with Crippen molar-refractivity contribution in [2.45, 2.75) is 32.2 Å². The largest absolute Gasteiger partial charge is 0.314 e. The minimum absolute atomic E-state index is 0.731. The topological polar surface area (TPSA) is 15.3 Å². The lowest BCUT2D eigenvalue weighted by molar-refractivity contribution is 0.218. The zero-order valence-electron chi connectivity index (χ0n) is 8.55. The number of piperidine rings is 1. The number of nitrogens with zero attached hydrogens (tertiary/aromatic N) is 1. The van der Waals surface area contributed by atoms with E-state index < -0.39 is 0 Å². The van der Waals surface area contributed by atoms with Gasteiger partial charge in [-0.15, -0.1) is 6.42 Å². The summed E-state index contributed by atoms with van der Waals surface area (Å²) in [6.45, 7) is 6.50. The first-order valence-electron chi connectivity index (χ1n) is 5.26. The fourth-order valence-corrected chi connectivity index (χ4v) is 1.77. The molecule has 1 heterocycles. The zero-order chi connectivity index (χ0) is 9.52. The van der Waals surface area contributed by atoms with Crippen molar-refractivity contribution in [3.63, 3.8) is 0 Å². The van der Waals surface area contributed by atoms with Crippen molar-refractivity contribution in [3.8, 4) is 12.3 Å². The molecule has 1 rings (SSSR count). The summed E-state index contributed by atoms with van der Waals surface area (Å²) in [6.07, 6.45) is 9.00. The van der Waals surface area contributed by atoms with Gasteiger partial charge in [-0.1, -0.05) is 12.8 Å². The molecule has 0 aromatic rings. The normalized spacial score (nSPS) is 20.0. The van der Waals surface area contributed by atoms with E-state index in [1.807, 2.05) is 0 Å². The average Bonchev–Trinajstić information content (AvgIpc) is 2.17. The molecule has 0 unspecified atom stereocenters. The highest BCUT2D eigenvalue weighted by atomic mass is 15.1. The van der Waals surface area contributed by atoms with Crippen LogP contribution >= 0.6 is 0 Å². The summed E-state index contributed by atoms with van der Waals surface area (Å²) in [6, 6.07) is 0.731. The minimum Gasteiger partial charge on any atom is -0.314 e. The van der Waals surface area contributed by atoms with Crippen LogP contribution in [-0.2, 0) is 0 Å². The monoisotopic (exact) mass is 180 g/mol. The molecule has 0 aromatic carbocycles. The van der Waals surface area contributed by atoms with Crippen molar-refractivity contribution in [1.29, 1.82) is 0 Å². The molecular weight excluding hydrogens is 160 g/mol. The summed E-state index contributed by atoms with van der Waals surface area (Å²) in [7, 11) is 0. The predicted molar refractivity (Wildman–Crippen MR) is 56.6 cm³/mol. The van der Waals surface area contributed by atoms with Crippen LogP contribution in [0.4, 0.5) is 0 Å². The summed E-state index contributed by atoms with van der Waals surface area (Å²) >= 11 is 0. The molecular formula is C11H20N2. The smallest absolute Gasteiger partial charge is 0.0598 e. The molecule has 2 heteroatoms. The van der Waals surface area contributed by atoms with E-state index >= 15 is 0 Å². The summed E-state index contributed by atoms with van der Waals surface area (Å²) in [5.41, 5.74) is 0. The van der Waals surface area contributed by atoms with Crippen LogP contribution in [0.15, 0.2) is 0 Å². The van der Waals surface area contributed by atoms with E-state index in [0.717, 1.165) is 32.2 Å². The number of terminal acetylenes is 1. The molecule has 1 N–H and O–H groups in total. The van der Waals surface area contributed by atoms with Crippen molar-refractivity contribution in [3.05, 3.63) is 0 Å². The van der Waals surface area contributed by atoms with E-state index in [2.05, 4.69) is 23.1 Å². The molecule has 1 aliphatic rings. The van der Waals surface area contributed by atoms with Crippen LogP contribution in [0.3, 0.4) is 0 Å². The maximum atomic E-state index is 5.27. The predicted octanol–water partition coefficient (Wildman–Crippen LogP) is 1.08. The van der Waals surface area contributed by atoms with E-state index in [0.29, 0.717) is 0 Å². The molecule has 1 fully saturated rings. The van der Waals surface area contributed by atoms with E-state index in [-0.39, 0.29) is 0 Å². The van der Waals surface area contributed by atoms with Gasteiger partial charge in [-0.3, -0.25) is 4.90 Å². The van der Waals surface area contributed by atoms with Gasteiger partial charge in [0, 0.05) is 19.1 Å². The Balaban J connectivity index is 2.12. The third kappa shape index (κ3) is 3.80. The van der Waals surface area contributed by atoms with Gasteiger partial charge in [-0.25, -0.2) is 0 Å². The van der Waals surface area contributed by atoms with E-state index in [4.69, 9.17) is 6.42 Å². The lowest BCUT2D eigenvalue weighted by Gasteiger charge is -2.31. The number of hydrogen-bond acceptors (Lipinski definition) is 2. The highest BCUT2D eigenvalue weighted by molar-refractivity contribution is 4.90. The Morgan fingerprint density at radius 2 is 2.15 bits per heavy atom. The number of likely N-dealkylation sites (tertiary alicyclic amines) is 1. The number of hydrogen-bond donors (Lipinski definition) is 1. The Morgan fingerprint density at radius 3 is 2.69 bits per heavy atom. The van der Waals surface area contributed by atoms with E-state index in [1.165, 1.54) is 19.3 Å². The summed E-state index contributed by atoms with van der Waals surface area (Å²) in [5, 5.41) is 3.56. The van der Waals surface area contributed by atoms with Crippen LogP contribution in [-0.4, -0.2) is 37.1 Å². The molecule has 0 atom stereocenters. The first kappa shape index (κ1) is 10.6. The molecule has 1 saturated heterocycles. The van der Waals surface area contributed by atoms with Crippen molar-refractivity contribution >= 4 is 0 Å². The molecule has 0 amide bonds. The molecule has 0 saturated carbocycles. The molecule has 0 spiro atoms. The van der Waals surface area contributed by atoms with E-state index in [1.54, 1.807) is 0 Å². The molecule has 74 valence electrons. The Hall–Kier alpha value is -0.520. The quantitative estimate of drug-likeness (QED) is 0.651. The summed E-state index contributed by atoms with van der Waals surface area (Å²) < 4.78 is 0. The lowest BCUT2D eigenvalue weighted by atomic mass is 10.1. The molecule has 13 heavy (non-hydrogen) atoms. The van der Waals surface area contributed by atoms with Crippen molar-refractivity contribution < 1.29 is 0 Å². The Bertz CT molecular complexity index is 163. The first-order valence-corrected chi connectivity index (χ1v) is 5.26. The van der Waals surface area contributed by atoms with E-state index in [9.17, 15) is 0 Å². The van der Waals surface area contributed by atoms with Gasteiger partial charge in [0.25, 0.3) is 0 Å². The standard InChI is InChI=1S/C11H20N2/c1-3-7-12-11-5-9-13(8-4-2)10-6-11/h2,11-12H,3,5-10H2,1H3. The third-order valence-electron chi connectivity index (χ3n) is 2.59. The molecule has 1 aliphatic heterocycles. The molecule has 0 aliphatic carbocycles. The van der Waals surface area contributed by atoms with Crippen molar-refractivity contribution in [1.82, 2.24) is 10.2 Å². The fraction of sp³-hybridized carbons (Fsp3) is 0.818. The summed E-state index contributed by atoms with van der Waals surface area (Å²) in [5.74, 6) is 2.70. The second-order valence-electron chi connectivity index (χ2n) is 3.71. The van der Waals surface area contributed by atoms with Gasteiger partial charge in [-0.2, -0.15) is 0 Å². The molecule has 0 radical (unpaired) electrons. The van der Waals surface area contributed by atoms with Crippen LogP contribution in [0.2, 0.25) is 0 Å². The maximum Gasteiger partial charge on any atom is 0.0598 e. The lowest BCUT2D eigenvalue weighted by Crippen LogP contribution is -2.42. The van der Waals surface area contributed by atoms with Crippen LogP contribution in [0.5, 0.6) is 0 Å². The van der Waals surface area contributed by atoms with Crippen LogP contribution in [0.25, 0.3) is 0 Å². The van der Waals surface area contributed by atoms with Crippen molar-refractivity contribution in [2.75, 3.05) is 26.2 Å². The molecule has 0 aromatic heterocycles. The van der Waals surface area contributed by atoms with Crippen LogP contribution in [0, 0.1) is 12.3 Å². The maximum absolute atomic E-state index is 5.27. The minimum atomic E-state index is 0.731. The zero-order valence-corrected chi connectivity index (χ0v) is 8.55. The second-order valence-corrected chi connectivity index (χ2v) is 3.71. The van der Waals surface area contributed by atoms with Crippen LogP contribution < -0.4 is 5.32 Å². The van der Waals surface area contributed by atoms with Gasteiger partial charge < -0.3 is 5.32 Å². The number of rotatable bonds is 4. The summed E-state index contributed by atoms with van der Waals surface area (Å²) in [4.78, 5) is 2.35.